The molecule has 0 saturated heterocycles. The SMILES string of the molecule is CC(=O)NCCNCC(=O)N(CCc1cccc(C#N)c1)c1ccn(Cc2cccc(-c3cccc(Cn4ccc(N(CCc5cccc(C#N)c5)C(=O)CNCCNC(C)=O)c4)c3C)c2C)c1. The average Bonchev–Trinajstić information content (AvgIpc) is 4.00. The van der Waals surface area contributed by atoms with Crippen LogP contribution in [0.25, 0.3) is 11.1 Å². The number of nitriles is 2. The summed E-state index contributed by atoms with van der Waals surface area (Å²) < 4.78 is 4.18. The summed E-state index contributed by atoms with van der Waals surface area (Å²) in [6.07, 6.45) is 9.12. The van der Waals surface area contributed by atoms with E-state index in [1.807, 2.05) is 73.3 Å². The van der Waals surface area contributed by atoms with Gasteiger partial charge in [-0.2, -0.15) is 10.5 Å². The van der Waals surface area contributed by atoms with E-state index in [9.17, 15) is 29.7 Å². The van der Waals surface area contributed by atoms with Crippen molar-refractivity contribution in [1.29, 1.82) is 10.5 Å². The fourth-order valence-corrected chi connectivity index (χ4v) is 8.16. The smallest absolute Gasteiger partial charge is 0.240 e. The Bertz CT molecular complexity index is 2600. The van der Waals surface area contributed by atoms with Gasteiger partial charge in [0.15, 0.2) is 0 Å². The van der Waals surface area contributed by atoms with E-state index in [4.69, 9.17) is 0 Å². The maximum absolute atomic E-state index is 13.7. The summed E-state index contributed by atoms with van der Waals surface area (Å²) in [6.45, 7) is 11.2. The molecule has 0 aliphatic heterocycles. The van der Waals surface area contributed by atoms with E-state index in [1.54, 1.807) is 21.9 Å². The third kappa shape index (κ3) is 14.1. The first-order valence-corrected chi connectivity index (χ1v) is 22.9. The van der Waals surface area contributed by atoms with Gasteiger partial charge in [0.25, 0.3) is 0 Å². The van der Waals surface area contributed by atoms with Crippen molar-refractivity contribution in [3.63, 3.8) is 0 Å². The minimum absolute atomic E-state index is 0.0969. The van der Waals surface area contributed by atoms with Gasteiger partial charge in [0.2, 0.25) is 23.6 Å². The number of amides is 4. The zero-order valence-electron chi connectivity index (χ0n) is 39.3. The fourth-order valence-electron chi connectivity index (χ4n) is 8.16. The minimum atomic E-state index is -0.122. The number of anilines is 2. The van der Waals surface area contributed by atoms with Crippen LogP contribution in [0.5, 0.6) is 0 Å². The number of rotatable bonds is 23. The zero-order valence-corrected chi connectivity index (χ0v) is 39.3. The van der Waals surface area contributed by atoms with Crippen LogP contribution in [0.2, 0.25) is 0 Å². The lowest BCUT2D eigenvalue weighted by Gasteiger charge is -2.22. The molecular formula is C54H60N10O4. The molecule has 2 aromatic heterocycles. The van der Waals surface area contributed by atoms with Crippen LogP contribution in [0.4, 0.5) is 11.4 Å². The van der Waals surface area contributed by atoms with Gasteiger partial charge in [0.05, 0.1) is 47.7 Å². The van der Waals surface area contributed by atoms with Gasteiger partial charge < -0.3 is 40.2 Å². The standard InChI is InChI=1S/C54H60N10O4/c1-39-47(35-61-25-19-49(37-61)63(53(67)33-57-21-23-59-41(3)65)27-17-43-9-5-11-45(29-43)31-55)13-7-15-51(39)52-16-8-14-48(40(52)2)36-62-26-20-50(38-62)64(54(68)34-58-22-24-60-42(4)66)28-18-44-10-6-12-46(30-44)32-56/h5-16,19-20,25-26,29-30,37-38,57-58H,17-18,21-24,27-28,33-36H2,1-4H3,(H,59,65)(H,60,66). The first-order valence-electron chi connectivity index (χ1n) is 22.9. The van der Waals surface area contributed by atoms with Gasteiger partial charge in [-0.05, 0) is 108 Å². The third-order valence-electron chi connectivity index (χ3n) is 11.8. The summed E-state index contributed by atoms with van der Waals surface area (Å²) in [5, 5.41) is 30.6. The van der Waals surface area contributed by atoms with Crippen molar-refractivity contribution >= 4 is 35.0 Å². The Morgan fingerprint density at radius 1 is 0.559 bits per heavy atom. The molecule has 0 aliphatic carbocycles. The summed E-state index contributed by atoms with van der Waals surface area (Å²) in [5.74, 6) is -0.438. The van der Waals surface area contributed by atoms with Gasteiger partial charge in [-0.3, -0.25) is 19.2 Å². The van der Waals surface area contributed by atoms with Gasteiger partial charge in [-0.25, -0.2) is 0 Å². The summed E-state index contributed by atoms with van der Waals surface area (Å²) >= 11 is 0. The quantitative estimate of drug-likeness (QED) is 0.0564. The highest BCUT2D eigenvalue weighted by Gasteiger charge is 2.20. The molecule has 0 saturated carbocycles. The minimum Gasteiger partial charge on any atom is -0.355 e. The molecule has 6 rings (SSSR count). The molecule has 0 spiro atoms. The third-order valence-corrected chi connectivity index (χ3v) is 11.8. The van der Waals surface area contributed by atoms with E-state index in [-0.39, 0.29) is 36.7 Å². The van der Waals surface area contributed by atoms with Crippen molar-refractivity contribution in [2.45, 2.75) is 53.6 Å². The van der Waals surface area contributed by atoms with Gasteiger partial charge in [-0.1, -0.05) is 60.7 Å². The molecule has 4 amide bonds. The van der Waals surface area contributed by atoms with Crippen LogP contribution < -0.4 is 31.1 Å². The Balaban J connectivity index is 1.16. The number of hydrogen-bond acceptors (Lipinski definition) is 8. The molecule has 2 heterocycles. The predicted octanol–water partition coefficient (Wildman–Crippen LogP) is 6.02. The van der Waals surface area contributed by atoms with Crippen molar-refractivity contribution in [3.05, 3.63) is 166 Å². The Morgan fingerprint density at radius 3 is 1.37 bits per heavy atom. The molecule has 6 aromatic rings. The molecule has 350 valence electrons. The number of aromatic nitrogens is 2. The van der Waals surface area contributed by atoms with E-state index in [2.05, 4.69) is 92.8 Å². The van der Waals surface area contributed by atoms with Gasteiger partial charge in [0, 0.05) is 91.0 Å². The summed E-state index contributed by atoms with van der Waals surface area (Å²) in [5.41, 5.74) is 11.5. The number of nitrogens with one attached hydrogen (secondary N) is 4. The molecule has 0 fully saturated rings. The second kappa shape index (κ2) is 24.7. The second-order valence-electron chi connectivity index (χ2n) is 16.8. The predicted molar refractivity (Wildman–Crippen MR) is 266 cm³/mol. The van der Waals surface area contributed by atoms with Crippen molar-refractivity contribution in [2.24, 2.45) is 0 Å². The summed E-state index contributed by atoms with van der Waals surface area (Å²) in [6, 6.07) is 35.9. The number of carbonyl (C=O) groups is 4. The van der Waals surface area contributed by atoms with E-state index < -0.39 is 0 Å². The lowest BCUT2D eigenvalue weighted by Crippen LogP contribution is -2.41. The molecule has 14 heteroatoms. The van der Waals surface area contributed by atoms with Crippen LogP contribution in [0.15, 0.2) is 122 Å². The van der Waals surface area contributed by atoms with Crippen molar-refractivity contribution in [2.75, 3.05) is 62.2 Å². The summed E-state index contributed by atoms with van der Waals surface area (Å²) in [4.78, 5) is 53.5. The average molecular weight is 913 g/mol. The molecule has 0 aliphatic rings. The second-order valence-corrected chi connectivity index (χ2v) is 16.8. The van der Waals surface area contributed by atoms with E-state index in [1.165, 1.54) is 13.8 Å². The lowest BCUT2D eigenvalue weighted by molar-refractivity contribution is -0.119. The summed E-state index contributed by atoms with van der Waals surface area (Å²) in [7, 11) is 0. The fraction of sp³-hybridized carbons (Fsp3) is 0.296. The normalized spacial score (nSPS) is 10.8. The number of benzene rings is 4. The number of nitrogens with zero attached hydrogens (tertiary/aromatic N) is 6. The van der Waals surface area contributed by atoms with Gasteiger partial charge in [0.1, 0.15) is 0 Å². The highest BCUT2D eigenvalue weighted by atomic mass is 16.2. The highest BCUT2D eigenvalue weighted by Crippen LogP contribution is 2.32. The van der Waals surface area contributed by atoms with Crippen molar-refractivity contribution in [1.82, 2.24) is 30.4 Å². The van der Waals surface area contributed by atoms with Crippen LogP contribution >= 0.6 is 0 Å². The maximum Gasteiger partial charge on any atom is 0.240 e. The molecular weight excluding hydrogens is 853 g/mol. The van der Waals surface area contributed by atoms with Crippen molar-refractivity contribution < 1.29 is 19.2 Å². The van der Waals surface area contributed by atoms with E-state index in [0.29, 0.717) is 76.3 Å². The maximum atomic E-state index is 13.7. The molecule has 0 radical (unpaired) electrons. The largest absolute Gasteiger partial charge is 0.355 e. The van der Waals surface area contributed by atoms with E-state index in [0.717, 1.165) is 55.9 Å². The molecule has 0 atom stereocenters. The van der Waals surface area contributed by atoms with Gasteiger partial charge in [-0.15, -0.1) is 0 Å². The lowest BCUT2D eigenvalue weighted by atomic mass is 9.91. The molecule has 0 unspecified atom stereocenters. The number of carbonyl (C=O) groups excluding carboxylic acids is 4. The molecule has 0 bridgehead atoms. The van der Waals surface area contributed by atoms with Crippen LogP contribution in [0.1, 0.15) is 58.4 Å². The van der Waals surface area contributed by atoms with Crippen LogP contribution in [-0.2, 0) is 45.1 Å². The Hall–Kier alpha value is -7.78. The highest BCUT2D eigenvalue weighted by molar-refractivity contribution is 5.95. The molecule has 4 aromatic carbocycles. The zero-order chi connectivity index (χ0) is 48.4. The molecule has 4 N–H and O–H groups in total. The topological polar surface area (TPSA) is 180 Å². The first kappa shape index (κ1) is 49.6. The number of hydrogen-bond donors (Lipinski definition) is 4. The molecule has 68 heavy (non-hydrogen) atoms. The first-order chi connectivity index (χ1) is 32.9. The van der Waals surface area contributed by atoms with Crippen LogP contribution in [0.3, 0.4) is 0 Å². The van der Waals surface area contributed by atoms with Crippen LogP contribution in [0, 0.1) is 36.5 Å². The Kier molecular flexibility index (Phi) is 18.0. The monoisotopic (exact) mass is 912 g/mol. The Morgan fingerprint density at radius 2 is 0.971 bits per heavy atom. The Labute approximate surface area is 399 Å². The van der Waals surface area contributed by atoms with E-state index >= 15 is 0 Å². The van der Waals surface area contributed by atoms with Crippen molar-refractivity contribution in [3.8, 4) is 23.3 Å². The molecule has 14 nitrogen and oxygen atoms in total. The van der Waals surface area contributed by atoms with Gasteiger partial charge >= 0.3 is 0 Å². The van der Waals surface area contributed by atoms with Crippen LogP contribution in [-0.4, -0.2) is 85.1 Å².